The molecule has 1 aromatic heterocycles. The third-order valence-electron chi connectivity index (χ3n) is 9.38. The van der Waals surface area contributed by atoms with Crippen molar-refractivity contribution in [2.24, 2.45) is 0 Å². The first-order valence-corrected chi connectivity index (χ1v) is 16.7. The first-order valence-electron chi connectivity index (χ1n) is 15.8. The third-order valence-corrected chi connectivity index (χ3v) is 10.6. The predicted octanol–water partition coefficient (Wildman–Crippen LogP) is 7.70. The molecule has 4 heterocycles. The van der Waals surface area contributed by atoms with Gasteiger partial charge in [0.15, 0.2) is 0 Å². The molecule has 0 aliphatic carbocycles. The SMILES string of the molecule is c1ccc2c(Cc3ccc(N4CCC[C@H]4CN4CCCC4)cc3)c(-c3ccc(OCCN4CCCC4)cc3)sc2c1. The quantitative estimate of drug-likeness (QED) is 0.196. The maximum Gasteiger partial charge on any atom is 0.119 e. The number of benzene rings is 3. The predicted molar refractivity (Wildman–Crippen MR) is 174 cm³/mol. The summed E-state index contributed by atoms with van der Waals surface area (Å²) < 4.78 is 7.46. The van der Waals surface area contributed by atoms with Crippen LogP contribution in [0.2, 0.25) is 0 Å². The average molecular weight is 566 g/mol. The van der Waals surface area contributed by atoms with Crippen molar-refractivity contribution in [1.82, 2.24) is 9.80 Å². The minimum Gasteiger partial charge on any atom is -0.492 e. The van der Waals surface area contributed by atoms with Gasteiger partial charge in [0.2, 0.25) is 0 Å². The van der Waals surface area contributed by atoms with Gasteiger partial charge >= 0.3 is 0 Å². The van der Waals surface area contributed by atoms with Crippen LogP contribution in [0.3, 0.4) is 0 Å². The molecule has 3 fully saturated rings. The molecule has 3 saturated heterocycles. The Morgan fingerprint density at radius 3 is 2.24 bits per heavy atom. The average Bonchev–Trinajstić information content (AvgIpc) is 3.83. The van der Waals surface area contributed by atoms with E-state index >= 15 is 0 Å². The van der Waals surface area contributed by atoms with Crippen molar-refractivity contribution in [3.63, 3.8) is 0 Å². The number of likely N-dealkylation sites (tertiary alicyclic amines) is 2. The van der Waals surface area contributed by atoms with E-state index in [-0.39, 0.29) is 0 Å². The van der Waals surface area contributed by atoms with Crippen LogP contribution in [0.15, 0.2) is 72.8 Å². The number of fused-ring (bicyclic) bond motifs is 1. The molecule has 0 amide bonds. The first kappa shape index (κ1) is 27.0. The normalized spacial score (nSPS) is 20.0. The fourth-order valence-electron chi connectivity index (χ4n) is 7.15. The molecule has 0 N–H and O–H groups in total. The second-order valence-corrected chi connectivity index (χ2v) is 13.2. The van der Waals surface area contributed by atoms with Crippen LogP contribution in [0.4, 0.5) is 5.69 Å². The molecule has 1 atom stereocenters. The van der Waals surface area contributed by atoms with E-state index in [0.717, 1.165) is 25.3 Å². The van der Waals surface area contributed by atoms with Gasteiger partial charge < -0.3 is 14.5 Å². The highest BCUT2D eigenvalue weighted by atomic mass is 32.1. The van der Waals surface area contributed by atoms with Crippen LogP contribution in [0, 0.1) is 0 Å². The molecule has 4 aromatic rings. The molecule has 3 aliphatic rings. The van der Waals surface area contributed by atoms with Gasteiger partial charge in [-0.2, -0.15) is 0 Å². The topological polar surface area (TPSA) is 19.0 Å². The lowest BCUT2D eigenvalue weighted by Crippen LogP contribution is -2.39. The van der Waals surface area contributed by atoms with Gasteiger partial charge in [-0.15, -0.1) is 11.3 Å². The van der Waals surface area contributed by atoms with E-state index in [0.29, 0.717) is 6.04 Å². The van der Waals surface area contributed by atoms with Crippen LogP contribution in [-0.4, -0.2) is 68.3 Å². The van der Waals surface area contributed by atoms with Crippen molar-refractivity contribution < 1.29 is 4.74 Å². The van der Waals surface area contributed by atoms with Crippen LogP contribution in [0.5, 0.6) is 5.75 Å². The summed E-state index contributed by atoms with van der Waals surface area (Å²) in [5.41, 5.74) is 5.50. The van der Waals surface area contributed by atoms with Crippen LogP contribution in [-0.2, 0) is 6.42 Å². The fraction of sp³-hybridized carbons (Fsp3) is 0.444. The van der Waals surface area contributed by atoms with Gasteiger partial charge in [0.1, 0.15) is 12.4 Å². The molecule has 0 spiro atoms. The van der Waals surface area contributed by atoms with Crippen molar-refractivity contribution in [3.05, 3.63) is 83.9 Å². The summed E-state index contributed by atoms with van der Waals surface area (Å²) in [6.45, 7) is 9.22. The van der Waals surface area contributed by atoms with Gasteiger partial charge in [-0.05, 0) is 136 Å². The smallest absolute Gasteiger partial charge is 0.119 e. The van der Waals surface area contributed by atoms with Crippen LogP contribution >= 0.6 is 11.3 Å². The zero-order valence-electron chi connectivity index (χ0n) is 24.3. The number of hydrogen-bond acceptors (Lipinski definition) is 5. The summed E-state index contributed by atoms with van der Waals surface area (Å²) in [7, 11) is 0. The van der Waals surface area contributed by atoms with Crippen molar-refractivity contribution in [3.8, 4) is 16.2 Å². The maximum absolute atomic E-state index is 6.10. The summed E-state index contributed by atoms with van der Waals surface area (Å²) in [5, 5.41) is 1.38. The van der Waals surface area contributed by atoms with Gasteiger partial charge in [-0.3, -0.25) is 4.90 Å². The Labute approximate surface area is 249 Å². The third kappa shape index (κ3) is 6.18. The van der Waals surface area contributed by atoms with Gasteiger partial charge in [-0.25, -0.2) is 0 Å². The monoisotopic (exact) mass is 565 g/mol. The van der Waals surface area contributed by atoms with E-state index in [1.54, 1.807) is 0 Å². The Morgan fingerprint density at radius 1 is 0.732 bits per heavy atom. The number of hydrogen-bond donors (Lipinski definition) is 0. The van der Waals surface area contributed by atoms with Crippen molar-refractivity contribution in [2.45, 2.75) is 51.0 Å². The summed E-state index contributed by atoms with van der Waals surface area (Å²) in [5.74, 6) is 0.969. The molecule has 0 radical (unpaired) electrons. The van der Waals surface area contributed by atoms with Crippen LogP contribution < -0.4 is 9.64 Å². The van der Waals surface area contributed by atoms with Crippen molar-refractivity contribution in [2.75, 3.05) is 57.3 Å². The van der Waals surface area contributed by atoms with E-state index < -0.39 is 0 Å². The number of thiophene rings is 1. The minimum atomic E-state index is 0.665. The zero-order chi connectivity index (χ0) is 27.4. The van der Waals surface area contributed by atoms with Crippen LogP contribution in [0.1, 0.15) is 49.7 Å². The van der Waals surface area contributed by atoms with Gasteiger partial charge in [0.05, 0.1) is 0 Å². The molecule has 0 saturated carbocycles. The molecule has 0 unspecified atom stereocenters. The summed E-state index contributed by atoms with van der Waals surface area (Å²) in [6.07, 6.45) is 8.99. The lowest BCUT2D eigenvalue weighted by Gasteiger charge is -2.30. The molecule has 3 aromatic carbocycles. The summed E-state index contributed by atoms with van der Waals surface area (Å²) in [6, 6.07) is 27.8. The lowest BCUT2D eigenvalue weighted by molar-refractivity contribution is 0.238. The number of ether oxygens (including phenoxy) is 1. The summed E-state index contributed by atoms with van der Waals surface area (Å²) >= 11 is 1.92. The molecular weight excluding hydrogens is 522 g/mol. The number of nitrogens with zero attached hydrogens (tertiary/aromatic N) is 3. The summed E-state index contributed by atoms with van der Waals surface area (Å²) in [4.78, 5) is 9.22. The van der Waals surface area contributed by atoms with Crippen molar-refractivity contribution >= 4 is 27.1 Å². The Morgan fingerprint density at radius 2 is 1.46 bits per heavy atom. The largest absolute Gasteiger partial charge is 0.492 e. The molecular formula is C36H43N3OS. The highest BCUT2D eigenvalue weighted by Crippen LogP contribution is 2.40. The molecule has 41 heavy (non-hydrogen) atoms. The standard InChI is InChI=1S/C36H43N3OS/c1-2-10-35-33(9-1)34(36(41-35)29-13-17-32(18-14-29)40-25-24-37-19-3-4-20-37)26-28-11-15-30(16-12-28)39-23-7-8-31(39)27-38-21-5-6-22-38/h1-2,9-18,31H,3-8,19-27H2/t31-/m0/s1. The zero-order valence-corrected chi connectivity index (χ0v) is 25.1. The van der Waals surface area contributed by atoms with E-state index in [2.05, 4.69) is 87.5 Å². The van der Waals surface area contributed by atoms with Crippen molar-refractivity contribution in [1.29, 1.82) is 0 Å². The second kappa shape index (κ2) is 12.6. The van der Waals surface area contributed by atoms with E-state index in [4.69, 9.17) is 4.74 Å². The first-order chi connectivity index (χ1) is 20.3. The fourth-order valence-corrected chi connectivity index (χ4v) is 8.37. The number of rotatable bonds is 10. The molecule has 214 valence electrons. The van der Waals surface area contributed by atoms with Gasteiger partial charge in [-0.1, -0.05) is 30.3 Å². The minimum absolute atomic E-state index is 0.665. The molecule has 7 rings (SSSR count). The highest BCUT2D eigenvalue weighted by molar-refractivity contribution is 7.22. The van der Waals surface area contributed by atoms with E-state index in [9.17, 15) is 0 Å². The Hall–Kier alpha value is -2.86. The highest BCUT2D eigenvalue weighted by Gasteiger charge is 2.27. The van der Waals surface area contributed by atoms with E-state index in [1.807, 2.05) is 11.3 Å². The van der Waals surface area contributed by atoms with E-state index in [1.165, 1.54) is 115 Å². The molecule has 5 heteroatoms. The molecule has 3 aliphatic heterocycles. The number of anilines is 1. The Balaban J connectivity index is 1.07. The Kier molecular flexibility index (Phi) is 8.27. The Bertz CT molecular complexity index is 1420. The lowest BCUT2D eigenvalue weighted by atomic mass is 9.98. The van der Waals surface area contributed by atoms with Gasteiger partial charge in [0.25, 0.3) is 0 Å². The molecule has 0 bridgehead atoms. The van der Waals surface area contributed by atoms with Gasteiger partial charge in [0, 0.05) is 40.9 Å². The maximum atomic E-state index is 6.10. The van der Waals surface area contributed by atoms with Crippen LogP contribution in [0.25, 0.3) is 20.5 Å². The second-order valence-electron chi connectivity index (χ2n) is 12.2. The molecule has 4 nitrogen and oxygen atoms in total.